The first kappa shape index (κ1) is 36.8. The summed E-state index contributed by atoms with van der Waals surface area (Å²) in [5.41, 5.74) is 18.6. The molecular formula is C26H51N3O14. The Morgan fingerprint density at radius 1 is 0.558 bits per heavy atom. The summed E-state index contributed by atoms with van der Waals surface area (Å²) < 4.78 is 34.3. The molecule has 17 nitrogen and oxygen atoms in total. The summed E-state index contributed by atoms with van der Waals surface area (Å²) in [6, 6.07) is -3.25. The van der Waals surface area contributed by atoms with Crippen LogP contribution >= 0.6 is 0 Å². The Kier molecular flexibility index (Phi) is 15.3. The molecule has 43 heavy (non-hydrogen) atoms. The van der Waals surface area contributed by atoms with Crippen molar-refractivity contribution in [2.24, 2.45) is 29.0 Å². The number of ether oxygens (including phenoxy) is 6. The van der Waals surface area contributed by atoms with Crippen molar-refractivity contribution in [3.8, 4) is 0 Å². The lowest BCUT2D eigenvalue weighted by molar-refractivity contribution is -0.279. The summed E-state index contributed by atoms with van der Waals surface area (Å²) in [7, 11) is 0. The van der Waals surface area contributed by atoms with E-state index in [4.69, 9.17) is 55.8 Å². The van der Waals surface area contributed by atoms with Crippen molar-refractivity contribution in [2.75, 3.05) is 59.5 Å². The number of rotatable bonds is 16. The standard InChI is InChI=1S/C26H51N3O14/c27-17-14(7-12(9-38-4-1-30)20(33)21(17)34)41-24-13(10-39-5-2-31)8-15(18(28)22(24)35)42-25-16(11-40-6-3-32)43-26(37)19(29)23(25)36/h12-26,30-37H,1-11,27-29H2/t12-,13-,14-,15-,16-,17+,18+,19-,20-,21-,22-,23-,24-,25-,26-/m1/s1. The second-order valence-corrected chi connectivity index (χ2v) is 11.4. The highest BCUT2D eigenvalue weighted by Crippen LogP contribution is 2.36. The van der Waals surface area contributed by atoms with Gasteiger partial charge in [0, 0.05) is 11.8 Å². The van der Waals surface area contributed by atoms with Crippen molar-refractivity contribution in [1.82, 2.24) is 0 Å². The van der Waals surface area contributed by atoms with Crippen molar-refractivity contribution < 1.29 is 69.3 Å². The summed E-state index contributed by atoms with van der Waals surface area (Å²) >= 11 is 0. The molecule has 3 fully saturated rings. The summed E-state index contributed by atoms with van der Waals surface area (Å²) in [5.74, 6) is -1.12. The largest absolute Gasteiger partial charge is 0.394 e. The molecule has 14 N–H and O–H groups in total. The van der Waals surface area contributed by atoms with Gasteiger partial charge in [0.2, 0.25) is 0 Å². The van der Waals surface area contributed by atoms with Gasteiger partial charge in [0.25, 0.3) is 0 Å². The Hall–Kier alpha value is -0.680. The zero-order chi connectivity index (χ0) is 31.7. The van der Waals surface area contributed by atoms with Gasteiger partial charge in [-0.15, -0.1) is 0 Å². The average molecular weight is 630 g/mol. The van der Waals surface area contributed by atoms with E-state index in [9.17, 15) is 30.6 Å². The Labute approximate surface area is 250 Å². The van der Waals surface area contributed by atoms with Gasteiger partial charge in [0.1, 0.15) is 18.3 Å². The molecule has 1 heterocycles. The van der Waals surface area contributed by atoms with Gasteiger partial charge in [-0.05, 0) is 12.8 Å². The molecule has 1 aliphatic heterocycles. The van der Waals surface area contributed by atoms with E-state index in [1.807, 2.05) is 0 Å². The zero-order valence-corrected chi connectivity index (χ0v) is 24.2. The van der Waals surface area contributed by atoms with E-state index in [2.05, 4.69) is 0 Å². The SMILES string of the molecule is N[C@@H]1[C@@H](O)[C@H](O[C@@H]2C[C@H](COCCO)[C@@H](O[C@@H]3C[C@H](COCCO)[C@@H](O)[C@H](O)[C@H]3N)[C@H](O)[C@H]2N)[C@@H](COCCO)O[C@H]1O. The highest BCUT2D eigenvalue weighted by Gasteiger charge is 2.51. The third-order valence-corrected chi connectivity index (χ3v) is 8.41. The van der Waals surface area contributed by atoms with Gasteiger partial charge in [-0.1, -0.05) is 0 Å². The Bertz CT molecular complexity index is 791. The third-order valence-electron chi connectivity index (χ3n) is 8.41. The highest BCUT2D eigenvalue weighted by atomic mass is 16.6. The summed E-state index contributed by atoms with van der Waals surface area (Å²) in [5, 5.41) is 80.8. The molecule has 2 saturated carbocycles. The molecular weight excluding hydrogens is 578 g/mol. The number of hydrogen-bond donors (Lipinski definition) is 11. The monoisotopic (exact) mass is 629 g/mol. The van der Waals surface area contributed by atoms with E-state index in [0.717, 1.165) is 0 Å². The van der Waals surface area contributed by atoms with Crippen LogP contribution in [0.4, 0.5) is 0 Å². The lowest BCUT2D eigenvalue weighted by Gasteiger charge is -2.49. The predicted octanol–water partition coefficient (Wildman–Crippen LogP) is -6.30. The normalized spacial score (nSPS) is 44.0. The molecule has 17 heteroatoms. The quantitative estimate of drug-likeness (QED) is 0.0707. The van der Waals surface area contributed by atoms with Crippen LogP contribution in [0.2, 0.25) is 0 Å². The molecule has 1 saturated heterocycles. The highest BCUT2D eigenvalue weighted by molar-refractivity contribution is 5.02. The molecule has 0 aromatic rings. The van der Waals surface area contributed by atoms with Crippen LogP contribution in [0, 0.1) is 11.8 Å². The van der Waals surface area contributed by atoms with E-state index in [1.54, 1.807) is 0 Å². The summed E-state index contributed by atoms with van der Waals surface area (Å²) in [6.07, 6.45) is -11.1. The van der Waals surface area contributed by atoms with Gasteiger partial charge in [-0.25, -0.2) is 0 Å². The molecule has 0 amide bonds. The molecule has 0 aromatic heterocycles. The van der Waals surface area contributed by atoms with Crippen LogP contribution in [0.15, 0.2) is 0 Å². The lowest BCUT2D eigenvalue weighted by Crippen LogP contribution is -2.67. The minimum Gasteiger partial charge on any atom is -0.394 e. The first-order valence-electron chi connectivity index (χ1n) is 14.7. The molecule has 0 aromatic carbocycles. The molecule has 0 radical (unpaired) electrons. The van der Waals surface area contributed by atoms with Gasteiger partial charge in [0.15, 0.2) is 6.29 Å². The maximum absolute atomic E-state index is 11.4. The average Bonchev–Trinajstić information content (AvgIpc) is 2.99. The molecule has 15 atom stereocenters. The smallest absolute Gasteiger partial charge is 0.173 e. The van der Waals surface area contributed by atoms with E-state index >= 15 is 0 Å². The van der Waals surface area contributed by atoms with Crippen LogP contribution in [0.5, 0.6) is 0 Å². The Balaban J connectivity index is 1.77. The predicted molar refractivity (Wildman–Crippen MR) is 146 cm³/mol. The third kappa shape index (κ3) is 9.43. The Morgan fingerprint density at radius 2 is 1.02 bits per heavy atom. The summed E-state index contributed by atoms with van der Waals surface area (Å²) in [6.45, 7) is -0.715. The maximum atomic E-state index is 11.4. The van der Waals surface area contributed by atoms with Crippen LogP contribution in [0.25, 0.3) is 0 Å². The van der Waals surface area contributed by atoms with Crippen LogP contribution in [0.1, 0.15) is 12.8 Å². The summed E-state index contributed by atoms with van der Waals surface area (Å²) in [4.78, 5) is 0. The lowest BCUT2D eigenvalue weighted by atomic mass is 9.77. The topological polar surface area (TPSA) is 295 Å². The van der Waals surface area contributed by atoms with Gasteiger partial charge >= 0.3 is 0 Å². The van der Waals surface area contributed by atoms with Crippen molar-refractivity contribution in [3.05, 3.63) is 0 Å². The van der Waals surface area contributed by atoms with Gasteiger partial charge in [-0.3, -0.25) is 0 Å². The molecule has 2 aliphatic carbocycles. The van der Waals surface area contributed by atoms with Crippen LogP contribution in [0.3, 0.4) is 0 Å². The number of hydrogen-bond acceptors (Lipinski definition) is 17. The second kappa shape index (κ2) is 17.9. The van der Waals surface area contributed by atoms with E-state index < -0.39 is 91.2 Å². The molecule has 254 valence electrons. The van der Waals surface area contributed by atoms with Crippen LogP contribution < -0.4 is 17.2 Å². The zero-order valence-electron chi connectivity index (χ0n) is 24.2. The molecule has 0 bridgehead atoms. The minimum absolute atomic E-state index is 0.0147. The first-order chi connectivity index (χ1) is 20.5. The maximum Gasteiger partial charge on any atom is 0.173 e. The van der Waals surface area contributed by atoms with Gasteiger partial charge < -0.3 is 86.5 Å². The van der Waals surface area contributed by atoms with Crippen LogP contribution in [-0.4, -0.2) is 180 Å². The minimum atomic E-state index is -1.49. The first-order valence-corrected chi connectivity index (χ1v) is 14.7. The van der Waals surface area contributed by atoms with Crippen LogP contribution in [-0.2, 0) is 28.4 Å². The number of aliphatic hydroxyl groups is 8. The molecule has 0 unspecified atom stereocenters. The number of nitrogens with two attached hydrogens (primary N) is 3. The van der Waals surface area contributed by atoms with Crippen molar-refractivity contribution in [3.63, 3.8) is 0 Å². The van der Waals surface area contributed by atoms with Crippen molar-refractivity contribution in [1.29, 1.82) is 0 Å². The fraction of sp³-hybridized carbons (Fsp3) is 1.00. The molecule has 3 rings (SSSR count). The fourth-order valence-corrected chi connectivity index (χ4v) is 5.97. The van der Waals surface area contributed by atoms with Gasteiger partial charge in [0.05, 0.1) is 114 Å². The molecule has 0 spiro atoms. The molecule has 3 aliphatic rings. The Morgan fingerprint density at radius 3 is 1.60 bits per heavy atom. The van der Waals surface area contributed by atoms with E-state index in [0.29, 0.717) is 0 Å². The number of aliphatic hydroxyl groups excluding tert-OH is 8. The van der Waals surface area contributed by atoms with Crippen molar-refractivity contribution >= 4 is 0 Å². The fourth-order valence-electron chi connectivity index (χ4n) is 5.97. The second-order valence-electron chi connectivity index (χ2n) is 11.4. The van der Waals surface area contributed by atoms with E-state index in [1.165, 1.54) is 0 Å². The van der Waals surface area contributed by atoms with Gasteiger partial charge in [-0.2, -0.15) is 0 Å². The van der Waals surface area contributed by atoms with E-state index in [-0.39, 0.29) is 72.3 Å². The van der Waals surface area contributed by atoms with Crippen molar-refractivity contribution in [2.45, 2.75) is 92.2 Å².